The molecule has 12 heavy (non-hydrogen) atoms. The maximum absolute atomic E-state index is 10.8. The van der Waals surface area contributed by atoms with Crippen molar-refractivity contribution in [2.75, 3.05) is 0 Å². The molecule has 0 aliphatic heterocycles. The Morgan fingerprint density at radius 3 is 2.25 bits per heavy atom. The van der Waals surface area contributed by atoms with Gasteiger partial charge in [-0.2, -0.15) is 0 Å². The van der Waals surface area contributed by atoms with E-state index in [1.54, 1.807) is 0 Å². The quantitative estimate of drug-likeness (QED) is 0.614. The average molecular weight is 165 g/mol. The summed E-state index contributed by atoms with van der Waals surface area (Å²) >= 11 is 0. The predicted molar refractivity (Wildman–Crippen MR) is 49.7 cm³/mol. The molecule has 0 unspecified atom stereocenters. The number of hydrogen-bond acceptors (Lipinski definition) is 1. The maximum atomic E-state index is 10.8. The van der Waals surface area contributed by atoms with E-state index in [-0.39, 0.29) is 0 Å². The van der Waals surface area contributed by atoms with Gasteiger partial charge in [-0.05, 0) is 25.8 Å². The van der Waals surface area contributed by atoms with Gasteiger partial charge in [0.1, 0.15) is 0 Å². The summed E-state index contributed by atoms with van der Waals surface area (Å²) in [5, 5.41) is 0. The van der Waals surface area contributed by atoms with Crippen molar-refractivity contribution in [3.8, 4) is 0 Å². The van der Waals surface area contributed by atoms with Gasteiger partial charge in [0.2, 0.25) is 0 Å². The van der Waals surface area contributed by atoms with Gasteiger partial charge in [-0.3, -0.25) is 4.79 Å². The summed E-state index contributed by atoms with van der Waals surface area (Å²) in [5.74, 6) is 0. The largest absolute Gasteiger partial charge is 0.351 e. The van der Waals surface area contributed by atoms with Gasteiger partial charge < -0.3 is 4.57 Å². The molecule has 0 fully saturated rings. The van der Waals surface area contributed by atoms with E-state index in [0.29, 0.717) is 0 Å². The number of aldehydes is 1. The standard InChI is InChI=1S/C10H15NO/c1-5-9-7(2)11(4)8(3)10(9)6-12/h6H,5H2,1-4H3. The third-order valence-corrected chi connectivity index (χ3v) is 2.63. The molecule has 0 atom stereocenters. The molecule has 66 valence electrons. The summed E-state index contributed by atoms with van der Waals surface area (Å²) in [5.41, 5.74) is 4.33. The predicted octanol–water partition coefficient (Wildman–Crippen LogP) is 2.02. The average Bonchev–Trinajstić information content (AvgIpc) is 2.29. The van der Waals surface area contributed by atoms with Crippen molar-refractivity contribution in [2.45, 2.75) is 27.2 Å². The summed E-state index contributed by atoms with van der Waals surface area (Å²) in [7, 11) is 2.00. The summed E-state index contributed by atoms with van der Waals surface area (Å²) in [6, 6.07) is 0. The topological polar surface area (TPSA) is 22.0 Å². The lowest BCUT2D eigenvalue weighted by Crippen LogP contribution is -1.93. The minimum absolute atomic E-state index is 0.873. The van der Waals surface area contributed by atoms with E-state index in [1.165, 1.54) is 11.3 Å². The van der Waals surface area contributed by atoms with Crippen molar-refractivity contribution >= 4 is 6.29 Å². The first-order valence-corrected chi connectivity index (χ1v) is 4.23. The van der Waals surface area contributed by atoms with Crippen molar-refractivity contribution in [3.63, 3.8) is 0 Å². The van der Waals surface area contributed by atoms with Crippen LogP contribution < -0.4 is 0 Å². The molecule has 1 rings (SSSR count). The molecular weight excluding hydrogens is 150 g/mol. The lowest BCUT2D eigenvalue weighted by atomic mass is 10.1. The van der Waals surface area contributed by atoms with Gasteiger partial charge in [0.05, 0.1) is 0 Å². The summed E-state index contributed by atoms with van der Waals surface area (Å²) in [6.07, 6.45) is 1.89. The number of aromatic nitrogens is 1. The molecule has 2 nitrogen and oxygen atoms in total. The molecule has 0 amide bonds. The highest BCUT2D eigenvalue weighted by molar-refractivity contribution is 5.80. The highest BCUT2D eigenvalue weighted by Crippen LogP contribution is 2.19. The molecule has 1 aromatic rings. The van der Waals surface area contributed by atoms with E-state index in [2.05, 4.69) is 18.4 Å². The zero-order chi connectivity index (χ0) is 9.30. The van der Waals surface area contributed by atoms with Gasteiger partial charge in [0.15, 0.2) is 6.29 Å². The molecule has 0 saturated heterocycles. The Hall–Kier alpha value is -1.05. The molecule has 0 saturated carbocycles. The Bertz CT molecular complexity index is 310. The SMILES string of the molecule is CCc1c(C=O)c(C)n(C)c1C. The fraction of sp³-hybridized carbons (Fsp3) is 0.500. The second kappa shape index (κ2) is 3.13. The van der Waals surface area contributed by atoms with E-state index in [9.17, 15) is 4.79 Å². The number of nitrogens with zero attached hydrogens (tertiary/aromatic N) is 1. The molecule has 0 radical (unpaired) electrons. The molecule has 2 heteroatoms. The third-order valence-electron chi connectivity index (χ3n) is 2.63. The molecule has 1 aromatic heterocycles. The van der Waals surface area contributed by atoms with Crippen molar-refractivity contribution < 1.29 is 4.79 Å². The molecule has 0 aliphatic carbocycles. The van der Waals surface area contributed by atoms with Crippen LogP contribution in [0.25, 0.3) is 0 Å². The van der Waals surface area contributed by atoms with Crippen molar-refractivity contribution in [3.05, 3.63) is 22.5 Å². The molecule has 1 heterocycles. The van der Waals surface area contributed by atoms with Crippen LogP contribution in [-0.2, 0) is 13.5 Å². The zero-order valence-electron chi connectivity index (χ0n) is 8.14. The van der Waals surface area contributed by atoms with Gasteiger partial charge in [0, 0.05) is 24.0 Å². The summed E-state index contributed by atoms with van der Waals surface area (Å²) in [6.45, 7) is 6.11. The van der Waals surface area contributed by atoms with Crippen molar-refractivity contribution in [1.29, 1.82) is 0 Å². The normalized spacial score (nSPS) is 10.3. The fourth-order valence-electron chi connectivity index (χ4n) is 1.65. The minimum atomic E-state index is 0.873. The van der Waals surface area contributed by atoms with Crippen molar-refractivity contribution in [1.82, 2.24) is 4.57 Å². The Labute approximate surface area is 73.2 Å². The Morgan fingerprint density at radius 1 is 1.33 bits per heavy atom. The molecule has 0 spiro atoms. The number of carbonyl (C=O) groups is 1. The van der Waals surface area contributed by atoms with Gasteiger partial charge >= 0.3 is 0 Å². The number of rotatable bonds is 2. The summed E-state index contributed by atoms with van der Waals surface area (Å²) < 4.78 is 2.07. The van der Waals surface area contributed by atoms with E-state index in [4.69, 9.17) is 0 Å². The lowest BCUT2D eigenvalue weighted by Gasteiger charge is -1.98. The first kappa shape index (κ1) is 9.04. The van der Waals surface area contributed by atoms with Gasteiger partial charge in [-0.1, -0.05) is 6.92 Å². The van der Waals surface area contributed by atoms with Crippen molar-refractivity contribution in [2.24, 2.45) is 7.05 Å². The van der Waals surface area contributed by atoms with Crippen LogP contribution in [0.4, 0.5) is 0 Å². The maximum Gasteiger partial charge on any atom is 0.152 e. The Morgan fingerprint density at radius 2 is 1.92 bits per heavy atom. The smallest absolute Gasteiger partial charge is 0.152 e. The van der Waals surface area contributed by atoms with E-state index >= 15 is 0 Å². The van der Waals surface area contributed by atoms with E-state index < -0.39 is 0 Å². The Balaban J connectivity index is 3.43. The van der Waals surface area contributed by atoms with Gasteiger partial charge in [-0.25, -0.2) is 0 Å². The zero-order valence-corrected chi connectivity index (χ0v) is 8.14. The van der Waals surface area contributed by atoms with Crippen LogP contribution in [0.2, 0.25) is 0 Å². The number of hydrogen-bond donors (Lipinski definition) is 0. The summed E-state index contributed by atoms with van der Waals surface area (Å²) in [4.78, 5) is 10.8. The molecule has 0 aliphatic rings. The second-order valence-corrected chi connectivity index (χ2v) is 3.09. The second-order valence-electron chi connectivity index (χ2n) is 3.09. The molecule has 0 N–H and O–H groups in total. The van der Waals surface area contributed by atoms with Crippen LogP contribution in [0.1, 0.15) is 34.2 Å². The highest BCUT2D eigenvalue weighted by atomic mass is 16.1. The highest BCUT2D eigenvalue weighted by Gasteiger charge is 2.12. The lowest BCUT2D eigenvalue weighted by molar-refractivity contribution is 0.112. The van der Waals surface area contributed by atoms with Crippen LogP contribution in [0.5, 0.6) is 0 Å². The Kier molecular flexibility index (Phi) is 2.36. The fourth-order valence-corrected chi connectivity index (χ4v) is 1.65. The van der Waals surface area contributed by atoms with Gasteiger partial charge in [-0.15, -0.1) is 0 Å². The number of carbonyl (C=O) groups excluding carboxylic acids is 1. The molecule has 0 aromatic carbocycles. The first-order chi connectivity index (χ1) is 5.63. The van der Waals surface area contributed by atoms with Crippen LogP contribution in [0.15, 0.2) is 0 Å². The van der Waals surface area contributed by atoms with Crippen LogP contribution in [0.3, 0.4) is 0 Å². The van der Waals surface area contributed by atoms with E-state index in [1.807, 2.05) is 14.0 Å². The van der Waals surface area contributed by atoms with Crippen LogP contribution in [-0.4, -0.2) is 10.9 Å². The first-order valence-electron chi connectivity index (χ1n) is 4.23. The van der Waals surface area contributed by atoms with Crippen LogP contribution in [0, 0.1) is 13.8 Å². The van der Waals surface area contributed by atoms with Crippen LogP contribution >= 0.6 is 0 Å². The van der Waals surface area contributed by atoms with E-state index in [0.717, 1.165) is 24.0 Å². The third kappa shape index (κ3) is 1.07. The van der Waals surface area contributed by atoms with Gasteiger partial charge in [0.25, 0.3) is 0 Å². The molecule has 0 bridgehead atoms. The molecular formula is C10H15NO. The monoisotopic (exact) mass is 165 g/mol. The minimum Gasteiger partial charge on any atom is -0.351 e.